The van der Waals surface area contributed by atoms with Crippen LogP contribution in [0.5, 0.6) is 5.75 Å². The predicted octanol–water partition coefficient (Wildman–Crippen LogP) is 3.71. The van der Waals surface area contributed by atoms with Crippen molar-refractivity contribution < 1.29 is 21.6 Å². The summed E-state index contributed by atoms with van der Waals surface area (Å²) in [4.78, 5) is 0.419. The molecule has 0 atom stereocenters. The smallest absolute Gasteiger partial charge is 0.243 e. The van der Waals surface area contributed by atoms with Gasteiger partial charge in [0, 0.05) is 37.8 Å². The van der Waals surface area contributed by atoms with E-state index in [1.165, 1.54) is 15.7 Å². The Kier molecular flexibility index (Phi) is 6.90. The number of benzene rings is 2. The molecule has 0 saturated carbocycles. The van der Waals surface area contributed by atoms with Crippen molar-refractivity contribution in [3.63, 3.8) is 0 Å². The first-order chi connectivity index (χ1) is 15.3. The first-order valence-electron chi connectivity index (χ1n) is 11.1. The molecule has 174 valence electrons. The zero-order chi connectivity index (χ0) is 22.8. The SMILES string of the molecule is COc1ccc(-c2ccc(S(=O)(=O)N3CCCCC3)cc2)c(S(=O)(=O)N2CCCCC2)c1. The van der Waals surface area contributed by atoms with Crippen LogP contribution in [0, 0.1) is 0 Å². The summed E-state index contributed by atoms with van der Waals surface area (Å²) in [6, 6.07) is 11.5. The molecule has 0 unspecified atom stereocenters. The molecule has 2 heterocycles. The Morgan fingerprint density at radius 3 is 1.75 bits per heavy atom. The molecule has 4 rings (SSSR count). The van der Waals surface area contributed by atoms with E-state index < -0.39 is 20.0 Å². The quantitative estimate of drug-likeness (QED) is 0.632. The molecule has 0 aliphatic carbocycles. The summed E-state index contributed by atoms with van der Waals surface area (Å²) in [6.07, 6.45) is 5.53. The Labute approximate surface area is 191 Å². The number of ether oxygens (including phenoxy) is 1. The molecule has 7 nitrogen and oxygen atoms in total. The van der Waals surface area contributed by atoms with Crippen molar-refractivity contribution in [2.45, 2.75) is 48.3 Å². The number of nitrogens with zero attached hydrogens (tertiary/aromatic N) is 2. The normalized spacial score (nSPS) is 19.0. The average molecular weight is 479 g/mol. The molecule has 2 aliphatic heterocycles. The fourth-order valence-corrected chi connectivity index (χ4v) is 7.65. The van der Waals surface area contributed by atoms with E-state index in [-0.39, 0.29) is 9.79 Å². The van der Waals surface area contributed by atoms with Gasteiger partial charge < -0.3 is 4.74 Å². The molecular formula is C23H30N2O5S2. The number of piperidine rings is 2. The Balaban J connectivity index is 1.71. The van der Waals surface area contributed by atoms with Crippen LogP contribution in [0.1, 0.15) is 38.5 Å². The molecule has 0 aromatic heterocycles. The molecule has 0 amide bonds. The van der Waals surface area contributed by atoms with Crippen LogP contribution >= 0.6 is 0 Å². The summed E-state index contributed by atoms with van der Waals surface area (Å²) >= 11 is 0. The van der Waals surface area contributed by atoms with Crippen molar-refractivity contribution in [1.29, 1.82) is 0 Å². The van der Waals surface area contributed by atoms with E-state index in [2.05, 4.69) is 0 Å². The van der Waals surface area contributed by atoms with Gasteiger partial charge in [-0.2, -0.15) is 8.61 Å². The van der Waals surface area contributed by atoms with Gasteiger partial charge in [-0.25, -0.2) is 16.8 Å². The number of methoxy groups -OCH3 is 1. The van der Waals surface area contributed by atoms with Crippen molar-refractivity contribution in [3.8, 4) is 16.9 Å². The highest BCUT2D eigenvalue weighted by Crippen LogP contribution is 2.34. The summed E-state index contributed by atoms with van der Waals surface area (Å²) in [5.74, 6) is 0.466. The van der Waals surface area contributed by atoms with E-state index in [9.17, 15) is 16.8 Å². The minimum Gasteiger partial charge on any atom is -0.497 e. The second-order valence-electron chi connectivity index (χ2n) is 8.32. The van der Waals surface area contributed by atoms with E-state index in [1.54, 1.807) is 42.5 Å². The molecule has 2 saturated heterocycles. The van der Waals surface area contributed by atoms with E-state index >= 15 is 0 Å². The van der Waals surface area contributed by atoms with Gasteiger partial charge in [0.2, 0.25) is 20.0 Å². The summed E-state index contributed by atoms with van der Waals surface area (Å²) in [5, 5.41) is 0. The number of hydrogen-bond donors (Lipinski definition) is 0. The molecular weight excluding hydrogens is 448 g/mol. The third-order valence-corrected chi connectivity index (χ3v) is 10.1. The van der Waals surface area contributed by atoms with Gasteiger partial charge in [-0.3, -0.25) is 0 Å². The topological polar surface area (TPSA) is 84.0 Å². The maximum atomic E-state index is 13.5. The van der Waals surface area contributed by atoms with Crippen LogP contribution in [-0.4, -0.2) is 58.7 Å². The molecule has 0 bridgehead atoms. The fourth-order valence-electron chi connectivity index (χ4n) is 4.39. The van der Waals surface area contributed by atoms with Gasteiger partial charge in [0.1, 0.15) is 5.75 Å². The van der Waals surface area contributed by atoms with Gasteiger partial charge >= 0.3 is 0 Å². The third kappa shape index (κ3) is 4.57. The molecule has 2 aromatic carbocycles. The zero-order valence-corrected chi connectivity index (χ0v) is 20.0. The van der Waals surface area contributed by atoms with Crippen LogP contribution in [0.15, 0.2) is 52.3 Å². The van der Waals surface area contributed by atoms with Crippen molar-refractivity contribution in [1.82, 2.24) is 8.61 Å². The first-order valence-corrected chi connectivity index (χ1v) is 14.0. The highest BCUT2D eigenvalue weighted by molar-refractivity contribution is 7.89. The minimum atomic E-state index is -3.70. The number of rotatable bonds is 6. The van der Waals surface area contributed by atoms with Crippen molar-refractivity contribution in [3.05, 3.63) is 42.5 Å². The van der Waals surface area contributed by atoms with Crippen molar-refractivity contribution in [2.75, 3.05) is 33.3 Å². The minimum absolute atomic E-state index is 0.186. The Morgan fingerprint density at radius 1 is 0.688 bits per heavy atom. The van der Waals surface area contributed by atoms with Gasteiger partial charge in [-0.15, -0.1) is 0 Å². The molecule has 2 aromatic rings. The highest BCUT2D eigenvalue weighted by Gasteiger charge is 2.30. The standard InChI is InChI=1S/C23H30N2O5S2/c1-30-20-10-13-22(23(18-20)32(28,29)25-16-6-3-7-17-25)19-8-11-21(12-9-19)31(26,27)24-14-4-2-5-15-24/h8-13,18H,2-7,14-17H2,1H3. The van der Waals surface area contributed by atoms with Crippen LogP contribution in [0.2, 0.25) is 0 Å². The highest BCUT2D eigenvalue weighted by atomic mass is 32.2. The maximum absolute atomic E-state index is 13.5. The summed E-state index contributed by atoms with van der Waals surface area (Å²) in [5.41, 5.74) is 1.19. The van der Waals surface area contributed by atoms with E-state index in [0.717, 1.165) is 38.5 Å². The summed E-state index contributed by atoms with van der Waals surface area (Å²) in [6.45, 7) is 2.10. The lowest BCUT2D eigenvalue weighted by molar-refractivity contribution is 0.346. The fraction of sp³-hybridized carbons (Fsp3) is 0.478. The zero-order valence-electron chi connectivity index (χ0n) is 18.4. The number of hydrogen-bond acceptors (Lipinski definition) is 5. The molecule has 0 spiro atoms. The van der Waals surface area contributed by atoms with Gasteiger partial charge in [-0.05, 0) is 55.5 Å². The maximum Gasteiger partial charge on any atom is 0.243 e. The Morgan fingerprint density at radius 2 is 1.22 bits per heavy atom. The van der Waals surface area contributed by atoms with Crippen LogP contribution in [-0.2, 0) is 20.0 Å². The largest absolute Gasteiger partial charge is 0.497 e. The van der Waals surface area contributed by atoms with Gasteiger partial charge in [0.05, 0.1) is 16.9 Å². The molecule has 32 heavy (non-hydrogen) atoms. The Bertz CT molecular complexity index is 1150. The van der Waals surface area contributed by atoms with Crippen LogP contribution in [0.25, 0.3) is 11.1 Å². The Hall–Kier alpha value is -1.94. The molecule has 9 heteroatoms. The average Bonchev–Trinajstić information content (AvgIpc) is 2.85. The second kappa shape index (κ2) is 9.51. The van der Waals surface area contributed by atoms with Gasteiger partial charge in [0.25, 0.3) is 0 Å². The lowest BCUT2D eigenvalue weighted by Gasteiger charge is -2.27. The third-order valence-electron chi connectivity index (χ3n) is 6.24. The monoisotopic (exact) mass is 478 g/mol. The van der Waals surface area contributed by atoms with Gasteiger partial charge in [0.15, 0.2) is 0 Å². The van der Waals surface area contributed by atoms with Crippen molar-refractivity contribution in [2.24, 2.45) is 0 Å². The van der Waals surface area contributed by atoms with Crippen LogP contribution < -0.4 is 4.74 Å². The van der Waals surface area contributed by atoms with Crippen LogP contribution in [0.3, 0.4) is 0 Å². The number of sulfonamides is 2. The lowest BCUT2D eigenvalue weighted by Crippen LogP contribution is -2.36. The predicted molar refractivity (Wildman–Crippen MR) is 124 cm³/mol. The van der Waals surface area contributed by atoms with Gasteiger partial charge in [-0.1, -0.05) is 25.0 Å². The van der Waals surface area contributed by atoms with E-state index in [1.807, 2.05) is 0 Å². The summed E-state index contributed by atoms with van der Waals surface area (Å²) in [7, 11) is -5.74. The molecule has 0 radical (unpaired) electrons. The molecule has 2 fully saturated rings. The van der Waals surface area contributed by atoms with E-state index in [4.69, 9.17) is 4.74 Å². The summed E-state index contributed by atoms with van der Waals surface area (Å²) < 4.78 is 61.2. The molecule has 0 N–H and O–H groups in total. The van der Waals surface area contributed by atoms with Crippen LogP contribution in [0.4, 0.5) is 0 Å². The first kappa shape index (κ1) is 23.2. The van der Waals surface area contributed by atoms with Crippen molar-refractivity contribution >= 4 is 20.0 Å². The van der Waals surface area contributed by atoms with E-state index in [0.29, 0.717) is 43.1 Å². The lowest BCUT2D eigenvalue weighted by atomic mass is 10.1. The molecule has 2 aliphatic rings. The second-order valence-corrected chi connectivity index (χ2v) is 12.2.